The Morgan fingerprint density at radius 1 is 1.47 bits per heavy atom. The molecule has 3 heteroatoms. The summed E-state index contributed by atoms with van der Waals surface area (Å²) in [7, 11) is 0. The van der Waals surface area contributed by atoms with Gasteiger partial charge in [0.15, 0.2) is 0 Å². The van der Waals surface area contributed by atoms with Crippen molar-refractivity contribution in [1.82, 2.24) is 5.32 Å². The summed E-state index contributed by atoms with van der Waals surface area (Å²) in [5.74, 6) is 1.40. The number of nitrogens with one attached hydrogen (secondary N) is 1. The summed E-state index contributed by atoms with van der Waals surface area (Å²) in [5, 5.41) is 2.97. The molecule has 3 nitrogen and oxygen atoms in total. The molecule has 0 saturated heterocycles. The largest absolute Gasteiger partial charge is 0.354 e. The van der Waals surface area contributed by atoms with Crippen molar-refractivity contribution in [1.29, 1.82) is 0 Å². The average Bonchev–Trinajstić information content (AvgIpc) is 2.60. The number of hydrogen-bond donors (Lipinski definition) is 2. The predicted molar refractivity (Wildman–Crippen MR) is 62.3 cm³/mol. The fourth-order valence-electron chi connectivity index (χ4n) is 2.12. The first-order valence-corrected chi connectivity index (χ1v) is 6.05. The van der Waals surface area contributed by atoms with Crippen LogP contribution in [0.25, 0.3) is 0 Å². The molecule has 0 aromatic heterocycles. The Morgan fingerprint density at radius 2 is 2.13 bits per heavy atom. The van der Waals surface area contributed by atoms with E-state index in [-0.39, 0.29) is 17.9 Å². The molecule has 1 aliphatic rings. The molecule has 0 bridgehead atoms. The topological polar surface area (TPSA) is 55.1 Å². The number of amides is 1. The van der Waals surface area contributed by atoms with E-state index in [1.807, 2.05) is 0 Å². The molecule has 1 aliphatic carbocycles. The molecule has 88 valence electrons. The van der Waals surface area contributed by atoms with E-state index in [9.17, 15) is 4.79 Å². The standard InChI is InChI=1S/C12H24N2O/c1-8(2)11(13)7-14-12(15)10-6-4-5-9(10)3/h8-11H,4-7,13H2,1-3H3,(H,14,15). The first-order chi connectivity index (χ1) is 7.02. The Balaban J connectivity index is 2.29. The summed E-state index contributed by atoms with van der Waals surface area (Å²) in [6.45, 7) is 6.93. The Labute approximate surface area is 92.8 Å². The lowest BCUT2D eigenvalue weighted by Crippen LogP contribution is -2.42. The molecule has 0 aliphatic heterocycles. The third-order valence-electron chi connectivity index (χ3n) is 3.57. The van der Waals surface area contributed by atoms with Gasteiger partial charge in [-0.15, -0.1) is 0 Å². The van der Waals surface area contributed by atoms with Crippen LogP contribution in [0.2, 0.25) is 0 Å². The van der Waals surface area contributed by atoms with Gasteiger partial charge in [-0.05, 0) is 24.7 Å². The van der Waals surface area contributed by atoms with Crippen molar-refractivity contribution < 1.29 is 4.79 Å². The summed E-state index contributed by atoms with van der Waals surface area (Å²) in [5.41, 5.74) is 5.88. The second kappa shape index (κ2) is 5.50. The van der Waals surface area contributed by atoms with Gasteiger partial charge in [-0.3, -0.25) is 4.79 Å². The van der Waals surface area contributed by atoms with Crippen molar-refractivity contribution in [3.05, 3.63) is 0 Å². The lowest BCUT2D eigenvalue weighted by Gasteiger charge is -2.19. The molecule has 0 radical (unpaired) electrons. The van der Waals surface area contributed by atoms with Crippen LogP contribution < -0.4 is 11.1 Å². The van der Waals surface area contributed by atoms with Gasteiger partial charge >= 0.3 is 0 Å². The molecular weight excluding hydrogens is 188 g/mol. The van der Waals surface area contributed by atoms with E-state index in [0.717, 1.165) is 6.42 Å². The van der Waals surface area contributed by atoms with Crippen molar-refractivity contribution in [3.8, 4) is 0 Å². The first kappa shape index (κ1) is 12.5. The maximum atomic E-state index is 11.8. The fourth-order valence-corrected chi connectivity index (χ4v) is 2.12. The quantitative estimate of drug-likeness (QED) is 0.742. The molecule has 0 heterocycles. The molecule has 1 amide bonds. The lowest BCUT2D eigenvalue weighted by molar-refractivity contribution is -0.125. The highest BCUT2D eigenvalue weighted by molar-refractivity contribution is 5.79. The van der Waals surface area contributed by atoms with Crippen LogP contribution in [-0.4, -0.2) is 18.5 Å². The van der Waals surface area contributed by atoms with Crippen molar-refractivity contribution >= 4 is 5.91 Å². The fraction of sp³-hybridized carbons (Fsp3) is 0.917. The highest BCUT2D eigenvalue weighted by atomic mass is 16.1. The number of nitrogens with two attached hydrogens (primary N) is 1. The number of hydrogen-bond acceptors (Lipinski definition) is 2. The Bertz CT molecular complexity index is 216. The smallest absolute Gasteiger partial charge is 0.223 e. The highest BCUT2D eigenvalue weighted by Gasteiger charge is 2.29. The van der Waals surface area contributed by atoms with Crippen LogP contribution in [0.15, 0.2) is 0 Å². The third kappa shape index (κ3) is 3.49. The molecule has 0 aromatic rings. The van der Waals surface area contributed by atoms with Crippen LogP contribution in [0.3, 0.4) is 0 Å². The van der Waals surface area contributed by atoms with Crippen LogP contribution in [0.1, 0.15) is 40.0 Å². The van der Waals surface area contributed by atoms with Gasteiger partial charge < -0.3 is 11.1 Å². The molecule has 1 fully saturated rings. The van der Waals surface area contributed by atoms with Crippen molar-refractivity contribution in [2.24, 2.45) is 23.5 Å². The molecule has 15 heavy (non-hydrogen) atoms. The second-order valence-corrected chi connectivity index (χ2v) is 5.17. The van der Waals surface area contributed by atoms with Gasteiger partial charge in [-0.25, -0.2) is 0 Å². The van der Waals surface area contributed by atoms with Gasteiger partial charge in [-0.2, -0.15) is 0 Å². The summed E-state index contributed by atoms with van der Waals surface area (Å²) in [6.07, 6.45) is 3.42. The summed E-state index contributed by atoms with van der Waals surface area (Å²) < 4.78 is 0. The minimum Gasteiger partial charge on any atom is -0.354 e. The zero-order valence-electron chi connectivity index (χ0n) is 10.1. The van der Waals surface area contributed by atoms with Crippen molar-refractivity contribution in [2.45, 2.75) is 46.1 Å². The molecule has 0 aromatic carbocycles. The molecule has 3 atom stereocenters. The van der Waals surface area contributed by atoms with Crippen LogP contribution in [0.5, 0.6) is 0 Å². The zero-order chi connectivity index (χ0) is 11.4. The van der Waals surface area contributed by atoms with E-state index < -0.39 is 0 Å². The zero-order valence-corrected chi connectivity index (χ0v) is 10.1. The van der Waals surface area contributed by atoms with Gasteiger partial charge in [0.2, 0.25) is 5.91 Å². The van der Waals surface area contributed by atoms with E-state index in [2.05, 4.69) is 26.1 Å². The van der Waals surface area contributed by atoms with Crippen LogP contribution in [-0.2, 0) is 4.79 Å². The van der Waals surface area contributed by atoms with Crippen molar-refractivity contribution in [3.63, 3.8) is 0 Å². The Kier molecular flexibility index (Phi) is 4.58. The Hall–Kier alpha value is -0.570. The van der Waals surface area contributed by atoms with E-state index in [1.165, 1.54) is 12.8 Å². The molecule has 1 rings (SSSR count). The van der Waals surface area contributed by atoms with E-state index in [4.69, 9.17) is 5.73 Å². The van der Waals surface area contributed by atoms with E-state index >= 15 is 0 Å². The molecular formula is C12H24N2O. The minimum absolute atomic E-state index is 0.0747. The van der Waals surface area contributed by atoms with E-state index in [0.29, 0.717) is 18.4 Å². The molecule has 1 saturated carbocycles. The summed E-state index contributed by atoms with van der Waals surface area (Å²) in [4.78, 5) is 11.8. The molecule has 0 spiro atoms. The van der Waals surface area contributed by atoms with Gasteiger partial charge in [0.25, 0.3) is 0 Å². The summed E-state index contributed by atoms with van der Waals surface area (Å²) in [6, 6.07) is 0.0747. The van der Waals surface area contributed by atoms with Gasteiger partial charge in [-0.1, -0.05) is 27.2 Å². The lowest BCUT2D eigenvalue weighted by atomic mass is 9.97. The normalized spacial score (nSPS) is 28.1. The van der Waals surface area contributed by atoms with Gasteiger partial charge in [0.1, 0.15) is 0 Å². The number of rotatable bonds is 4. The van der Waals surface area contributed by atoms with Gasteiger partial charge in [0.05, 0.1) is 0 Å². The molecule has 3 N–H and O–H groups in total. The van der Waals surface area contributed by atoms with Crippen LogP contribution >= 0.6 is 0 Å². The Morgan fingerprint density at radius 3 is 2.60 bits per heavy atom. The highest BCUT2D eigenvalue weighted by Crippen LogP contribution is 2.31. The van der Waals surface area contributed by atoms with Gasteiger partial charge in [0, 0.05) is 18.5 Å². The predicted octanol–water partition coefficient (Wildman–Crippen LogP) is 1.52. The van der Waals surface area contributed by atoms with Crippen LogP contribution in [0, 0.1) is 17.8 Å². The summed E-state index contributed by atoms with van der Waals surface area (Å²) >= 11 is 0. The number of carbonyl (C=O) groups is 1. The SMILES string of the molecule is CC(C)C(N)CNC(=O)C1CCCC1C. The maximum absolute atomic E-state index is 11.8. The maximum Gasteiger partial charge on any atom is 0.223 e. The number of carbonyl (C=O) groups excluding carboxylic acids is 1. The third-order valence-corrected chi connectivity index (χ3v) is 3.57. The minimum atomic E-state index is 0.0747. The van der Waals surface area contributed by atoms with E-state index in [1.54, 1.807) is 0 Å². The first-order valence-electron chi connectivity index (χ1n) is 6.05. The molecule has 3 unspecified atom stereocenters. The van der Waals surface area contributed by atoms with Crippen molar-refractivity contribution in [2.75, 3.05) is 6.54 Å². The average molecular weight is 212 g/mol. The van der Waals surface area contributed by atoms with Crippen LogP contribution in [0.4, 0.5) is 0 Å². The monoisotopic (exact) mass is 212 g/mol. The second-order valence-electron chi connectivity index (χ2n) is 5.17.